The highest BCUT2D eigenvalue weighted by atomic mass is 16.6. The predicted molar refractivity (Wildman–Crippen MR) is 60.0 cm³/mol. The molecule has 1 aliphatic rings. The number of hydrogen-bond donors (Lipinski definition) is 0. The number of piperazine rings is 1. The zero-order valence-electron chi connectivity index (χ0n) is 10.2. The van der Waals surface area contributed by atoms with Gasteiger partial charge >= 0.3 is 6.09 Å². The summed E-state index contributed by atoms with van der Waals surface area (Å²) in [6.45, 7) is 8.31. The number of carbonyl (C=O) groups is 2. The second kappa shape index (κ2) is 5.72. The maximum atomic E-state index is 11.7. The molecule has 0 atom stereocenters. The standard InChI is InChI=1S/C11H20N2O3/c1-4-16-11(15)13-7-5-12(6-8-13)10(14)9(2)3/h9H,4-8H2,1-3H3. The molecule has 2 amide bonds. The summed E-state index contributed by atoms with van der Waals surface area (Å²) < 4.78 is 4.91. The van der Waals surface area contributed by atoms with Crippen LogP contribution in [0.2, 0.25) is 0 Å². The average Bonchev–Trinajstić information content (AvgIpc) is 2.28. The number of carbonyl (C=O) groups excluding carboxylic acids is 2. The van der Waals surface area contributed by atoms with Gasteiger partial charge in [0.25, 0.3) is 0 Å². The maximum Gasteiger partial charge on any atom is 0.409 e. The van der Waals surface area contributed by atoms with E-state index in [-0.39, 0.29) is 17.9 Å². The van der Waals surface area contributed by atoms with Gasteiger partial charge in [-0.15, -0.1) is 0 Å². The molecule has 0 aromatic rings. The lowest BCUT2D eigenvalue weighted by Crippen LogP contribution is -2.51. The lowest BCUT2D eigenvalue weighted by Gasteiger charge is -2.34. The van der Waals surface area contributed by atoms with E-state index in [4.69, 9.17) is 4.74 Å². The van der Waals surface area contributed by atoms with Crippen molar-refractivity contribution in [3.05, 3.63) is 0 Å². The van der Waals surface area contributed by atoms with E-state index in [9.17, 15) is 9.59 Å². The van der Waals surface area contributed by atoms with Crippen molar-refractivity contribution < 1.29 is 14.3 Å². The van der Waals surface area contributed by atoms with Crippen molar-refractivity contribution in [1.29, 1.82) is 0 Å². The Hall–Kier alpha value is -1.26. The van der Waals surface area contributed by atoms with Crippen LogP contribution in [0, 0.1) is 5.92 Å². The van der Waals surface area contributed by atoms with Crippen LogP contribution < -0.4 is 0 Å². The first kappa shape index (κ1) is 12.8. The van der Waals surface area contributed by atoms with Crippen molar-refractivity contribution in [3.8, 4) is 0 Å². The molecule has 0 aromatic carbocycles. The van der Waals surface area contributed by atoms with E-state index in [1.54, 1.807) is 16.7 Å². The van der Waals surface area contributed by atoms with Gasteiger partial charge in [0.1, 0.15) is 0 Å². The lowest BCUT2D eigenvalue weighted by molar-refractivity contribution is -0.136. The quantitative estimate of drug-likeness (QED) is 0.707. The Bertz CT molecular complexity index is 258. The Morgan fingerprint density at radius 2 is 1.62 bits per heavy atom. The zero-order valence-corrected chi connectivity index (χ0v) is 10.2. The molecule has 0 unspecified atom stereocenters. The number of ether oxygens (including phenoxy) is 1. The molecule has 0 N–H and O–H groups in total. The van der Waals surface area contributed by atoms with Crippen LogP contribution in [-0.4, -0.2) is 54.6 Å². The van der Waals surface area contributed by atoms with Gasteiger partial charge in [0, 0.05) is 32.1 Å². The molecular formula is C11H20N2O3. The van der Waals surface area contributed by atoms with E-state index in [1.807, 2.05) is 13.8 Å². The Balaban J connectivity index is 2.39. The molecule has 0 aromatic heterocycles. The molecule has 92 valence electrons. The van der Waals surface area contributed by atoms with Crippen molar-refractivity contribution in [2.24, 2.45) is 5.92 Å². The van der Waals surface area contributed by atoms with Gasteiger partial charge in [-0.3, -0.25) is 4.79 Å². The summed E-state index contributed by atoms with van der Waals surface area (Å²) in [4.78, 5) is 26.6. The highest BCUT2D eigenvalue weighted by molar-refractivity contribution is 5.78. The van der Waals surface area contributed by atoms with E-state index >= 15 is 0 Å². The van der Waals surface area contributed by atoms with Gasteiger partial charge in [0.2, 0.25) is 5.91 Å². The van der Waals surface area contributed by atoms with Crippen LogP contribution in [0.5, 0.6) is 0 Å². The van der Waals surface area contributed by atoms with Gasteiger partial charge in [0.05, 0.1) is 6.61 Å². The highest BCUT2D eigenvalue weighted by Gasteiger charge is 2.25. The molecule has 1 saturated heterocycles. The van der Waals surface area contributed by atoms with Crippen LogP contribution in [0.3, 0.4) is 0 Å². The third-order valence-corrected chi connectivity index (χ3v) is 2.61. The highest BCUT2D eigenvalue weighted by Crippen LogP contribution is 2.07. The molecule has 16 heavy (non-hydrogen) atoms. The van der Waals surface area contributed by atoms with Crippen molar-refractivity contribution in [2.45, 2.75) is 20.8 Å². The summed E-state index contributed by atoms with van der Waals surface area (Å²) in [5.74, 6) is 0.178. The van der Waals surface area contributed by atoms with Crippen molar-refractivity contribution >= 4 is 12.0 Å². The molecule has 1 aliphatic heterocycles. The molecule has 5 nitrogen and oxygen atoms in total. The summed E-state index contributed by atoms with van der Waals surface area (Å²) in [6.07, 6.45) is -0.279. The van der Waals surface area contributed by atoms with Gasteiger partial charge in [-0.25, -0.2) is 4.79 Å². The minimum Gasteiger partial charge on any atom is -0.450 e. The molecule has 0 radical (unpaired) electrons. The van der Waals surface area contributed by atoms with Crippen molar-refractivity contribution in [1.82, 2.24) is 9.80 Å². The predicted octanol–water partition coefficient (Wildman–Crippen LogP) is 0.943. The SMILES string of the molecule is CCOC(=O)N1CCN(C(=O)C(C)C)CC1. The molecule has 1 heterocycles. The Kier molecular flexibility index (Phi) is 4.58. The van der Waals surface area contributed by atoms with Crippen LogP contribution >= 0.6 is 0 Å². The summed E-state index contributed by atoms with van der Waals surface area (Å²) in [5.41, 5.74) is 0. The largest absolute Gasteiger partial charge is 0.450 e. The molecule has 0 saturated carbocycles. The minimum absolute atomic E-state index is 0.0224. The van der Waals surface area contributed by atoms with E-state index in [0.717, 1.165) is 0 Å². The van der Waals surface area contributed by atoms with Crippen LogP contribution in [0.1, 0.15) is 20.8 Å². The summed E-state index contributed by atoms with van der Waals surface area (Å²) in [6, 6.07) is 0. The van der Waals surface area contributed by atoms with Crippen LogP contribution in [-0.2, 0) is 9.53 Å². The van der Waals surface area contributed by atoms with Gasteiger partial charge in [-0.2, -0.15) is 0 Å². The molecule has 0 bridgehead atoms. The lowest BCUT2D eigenvalue weighted by atomic mass is 10.1. The summed E-state index contributed by atoms with van der Waals surface area (Å²) >= 11 is 0. The van der Waals surface area contributed by atoms with Crippen molar-refractivity contribution in [3.63, 3.8) is 0 Å². The molecule has 0 spiro atoms. The fraction of sp³-hybridized carbons (Fsp3) is 0.818. The fourth-order valence-electron chi connectivity index (χ4n) is 1.69. The van der Waals surface area contributed by atoms with E-state index < -0.39 is 0 Å². The number of rotatable bonds is 2. The summed E-state index contributed by atoms with van der Waals surface area (Å²) in [7, 11) is 0. The van der Waals surface area contributed by atoms with Gasteiger partial charge in [-0.05, 0) is 6.92 Å². The molecule has 0 aliphatic carbocycles. The minimum atomic E-state index is -0.279. The Morgan fingerprint density at radius 1 is 1.12 bits per heavy atom. The Morgan fingerprint density at radius 3 is 2.06 bits per heavy atom. The monoisotopic (exact) mass is 228 g/mol. The fourth-order valence-corrected chi connectivity index (χ4v) is 1.69. The first-order valence-corrected chi connectivity index (χ1v) is 5.76. The molecular weight excluding hydrogens is 208 g/mol. The number of nitrogens with zero attached hydrogens (tertiary/aromatic N) is 2. The van der Waals surface area contributed by atoms with Crippen LogP contribution in [0.15, 0.2) is 0 Å². The second-order valence-electron chi connectivity index (χ2n) is 4.17. The summed E-state index contributed by atoms with van der Waals surface area (Å²) in [5, 5.41) is 0. The van der Waals surface area contributed by atoms with E-state index in [2.05, 4.69) is 0 Å². The topological polar surface area (TPSA) is 49.9 Å². The first-order chi connectivity index (χ1) is 7.56. The zero-order chi connectivity index (χ0) is 12.1. The third kappa shape index (κ3) is 3.12. The van der Waals surface area contributed by atoms with Crippen LogP contribution in [0.4, 0.5) is 4.79 Å². The van der Waals surface area contributed by atoms with Gasteiger partial charge < -0.3 is 14.5 Å². The Labute approximate surface area is 96.3 Å². The molecule has 1 rings (SSSR count). The number of hydrogen-bond acceptors (Lipinski definition) is 3. The normalized spacial score (nSPS) is 16.5. The number of amides is 2. The van der Waals surface area contributed by atoms with E-state index in [1.165, 1.54) is 0 Å². The first-order valence-electron chi connectivity index (χ1n) is 5.76. The van der Waals surface area contributed by atoms with Crippen LogP contribution in [0.25, 0.3) is 0 Å². The maximum absolute atomic E-state index is 11.7. The van der Waals surface area contributed by atoms with E-state index in [0.29, 0.717) is 32.8 Å². The van der Waals surface area contributed by atoms with Crippen molar-refractivity contribution in [2.75, 3.05) is 32.8 Å². The smallest absolute Gasteiger partial charge is 0.409 e. The molecule has 1 fully saturated rings. The second-order valence-corrected chi connectivity index (χ2v) is 4.17. The third-order valence-electron chi connectivity index (χ3n) is 2.61. The van der Waals surface area contributed by atoms with Gasteiger partial charge in [-0.1, -0.05) is 13.8 Å². The van der Waals surface area contributed by atoms with Gasteiger partial charge in [0.15, 0.2) is 0 Å². The average molecular weight is 228 g/mol. The molecule has 5 heteroatoms.